The highest BCUT2D eigenvalue weighted by Gasteiger charge is 2.26. The molecule has 5 heteroatoms. The van der Waals surface area contributed by atoms with Gasteiger partial charge >= 0.3 is 0 Å². The summed E-state index contributed by atoms with van der Waals surface area (Å²) in [5, 5.41) is 14.9. The molecular formula is C11H17BrN2OS. The van der Waals surface area contributed by atoms with E-state index in [-0.39, 0.29) is 6.10 Å². The second-order valence-corrected chi connectivity index (χ2v) is 6.43. The Morgan fingerprint density at radius 2 is 2.44 bits per heavy atom. The highest BCUT2D eigenvalue weighted by atomic mass is 79.9. The number of nitrogens with zero attached hydrogens (tertiary/aromatic N) is 2. The summed E-state index contributed by atoms with van der Waals surface area (Å²) in [5.41, 5.74) is 2.08. The monoisotopic (exact) mass is 304 g/mol. The Kier molecular flexibility index (Phi) is 3.97. The normalized spacial score (nSPS) is 22.6. The molecule has 1 aromatic heterocycles. The highest BCUT2D eigenvalue weighted by Crippen LogP contribution is 2.31. The molecule has 0 aliphatic carbocycles. The van der Waals surface area contributed by atoms with Gasteiger partial charge in [-0.15, -0.1) is 0 Å². The summed E-state index contributed by atoms with van der Waals surface area (Å²) in [5.74, 6) is 1.19. The maximum Gasteiger partial charge on any atom is 0.0738 e. The Hall–Kier alpha value is -0.000000000000000111. The van der Waals surface area contributed by atoms with E-state index in [0.717, 1.165) is 22.3 Å². The first-order valence-electron chi connectivity index (χ1n) is 5.57. The third-order valence-electron chi connectivity index (χ3n) is 3.06. The number of aliphatic hydroxyl groups is 1. The third kappa shape index (κ3) is 2.46. The molecule has 2 unspecified atom stereocenters. The number of thioether (sulfide) groups is 1. The molecule has 0 bridgehead atoms. The summed E-state index contributed by atoms with van der Waals surface area (Å²) in [7, 11) is 1.93. The van der Waals surface area contributed by atoms with Crippen molar-refractivity contribution in [2.45, 2.75) is 37.5 Å². The third-order valence-corrected chi connectivity index (χ3v) is 5.59. The fourth-order valence-corrected chi connectivity index (χ4v) is 3.92. The molecule has 1 aromatic rings. The van der Waals surface area contributed by atoms with Gasteiger partial charge < -0.3 is 5.11 Å². The molecule has 0 saturated carbocycles. The Morgan fingerprint density at radius 1 is 1.69 bits per heavy atom. The van der Waals surface area contributed by atoms with Crippen LogP contribution in [-0.4, -0.2) is 32.0 Å². The minimum Gasteiger partial charge on any atom is -0.392 e. The van der Waals surface area contributed by atoms with Crippen LogP contribution in [0.5, 0.6) is 0 Å². The van der Waals surface area contributed by atoms with Crippen molar-refractivity contribution in [1.29, 1.82) is 0 Å². The first-order valence-corrected chi connectivity index (χ1v) is 7.41. The highest BCUT2D eigenvalue weighted by molar-refractivity contribution is 9.10. The average molecular weight is 305 g/mol. The van der Waals surface area contributed by atoms with Gasteiger partial charge in [-0.25, -0.2) is 0 Å². The largest absolute Gasteiger partial charge is 0.392 e. The molecule has 1 N–H and O–H groups in total. The fourth-order valence-electron chi connectivity index (χ4n) is 2.14. The second-order valence-electron chi connectivity index (χ2n) is 4.29. The van der Waals surface area contributed by atoms with Gasteiger partial charge in [0.25, 0.3) is 0 Å². The van der Waals surface area contributed by atoms with Gasteiger partial charge in [-0.3, -0.25) is 4.68 Å². The Morgan fingerprint density at radius 3 is 2.94 bits per heavy atom. The molecule has 1 aliphatic rings. The van der Waals surface area contributed by atoms with Crippen LogP contribution in [0.1, 0.15) is 24.2 Å². The van der Waals surface area contributed by atoms with Crippen molar-refractivity contribution in [3.63, 3.8) is 0 Å². The van der Waals surface area contributed by atoms with Crippen molar-refractivity contribution in [2.24, 2.45) is 7.05 Å². The van der Waals surface area contributed by atoms with E-state index in [1.165, 1.54) is 12.2 Å². The molecule has 3 nitrogen and oxygen atoms in total. The maximum atomic E-state index is 10.2. The van der Waals surface area contributed by atoms with E-state index in [4.69, 9.17) is 0 Å². The van der Waals surface area contributed by atoms with Gasteiger partial charge in [0.1, 0.15) is 0 Å². The van der Waals surface area contributed by atoms with Gasteiger partial charge in [0.05, 0.1) is 22.0 Å². The van der Waals surface area contributed by atoms with Gasteiger partial charge in [0.15, 0.2) is 0 Å². The van der Waals surface area contributed by atoms with E-state index in [9.17, 15) is 5.11 Å². The molecular weight excluding hydrogens is 288 g/mol. The number of aryl methyl sites for hydroxylation is 2. The van der Waals surface area contributed by atoms with Crippen molar-refractivity contribution in [2.75, 3.05) is 5.75 Å². The molecule has 2 rings (SSSR count). The standard InChI is InChI=1S/C11H17BrN2OS/c1-7-11(12)8(14(2)13-7)6-9(15)10-4-3-5-16-10/h9-10,15H,3-6H2,1-2H3. The summed E-state index contributed by atoms with van der Waals surface area (Å²) < 4.78 is 2.90. The minimum atomic E-state index is -0.251. The zero-order chi connectivity index (χ0) is 11.7. The predicted octanol–water partition coefficient (Wildman–Crippen LogP) is 2.29. The Balaban J connectivity index is 2.07. The van der Waals surface area contributed by atoms with Crippen LogP contribution >= 0.6 is 27.7 Å². The SMILES string of the molecule is Cc1nn(C)c(CC(O)C2CCCS2)c1Br. The van der Waals surface area contributed by atoms with E-state index in [1.807, 2.05) is 30.4 Å². The van der Waals surface area contributed by atoms with Crippen molar-refractivity contribution in [3.8, 4) is 0 Å². The summed E-state index contributed by atoms with van der Waals surface area (Å²) >= 11 is 5.43. The lowest BCUT2D eigenvalue weighted by atomic mass is 10.1. The van der Waals surface area contributed by atoms with Crippen LogP contribution < -0.4 is 0 Å². The number of hydrogen-bond acceptors (Lipinski definition) is 3. The van der Waals surface area contributed by atoms with E-state index < -0.39 is 0 Å². The number of hydrogen-bond donors (Lipinski definition) is 1. The average Bonchev–Trinajstić information content (AvgIpc) is 2.83. The summed E-state index contributed by atoms with van der Waals surface area (Å²) in [6.45, 7) is 1.98. The predicted molar refractivity (Wildman–Crippen MR) is 70.8 cm³/mol. The van der Waals surface area contributed by atoms with Crippen LogP contribution in [0.25, 0.3) is 0 Å². The van der Waals surface area contributed by atoms with E-state index in [0.29, 0.717) is 11.7 Å². The summed E-state index contributed by atoms with van der Waals surface area (Å²) in [6.07, 6.45) is 2.81. The Bertz CT molecular complexity index is 374. The zero-order valence-electron chi connectivity index (χ0n) is 9.61. The molecule has 0 aromatic carbocycles. The lowest BCUT2D eigenvalue weighted by molar-refractivity contribution is 0.167. The van der Waals surface area contributed by atoms with Gasteiger partial charge in [-0.1, -0.05) is 0 Å². The van der Waals surface area contributed by atoms with Crippen molar-refractivity contribution in [3.05, 3.63) is 15.9 Å². The van der Waals surface area contributed by atoms with E-state index >= 15 is 0 Å². The number of aromatic nitrogens is 2. The van der Waals surface area contributed by atoms with Crippen molar-refractivity contribution < 1.29 is 5.11 Å². The fraction of sp³-hybridized carbons (Fsp3) is 0.727. The topological polar surface area (TPSA) is 38.0 Å². The molecule has 90 valence electrons. The molecule has 0 spiro atoms. The van der Waals surface area contributed by atoms with Gasteiger partial charge in [0, 0.05) is 18.7 Å². The van der Waals surface area contributed by atoms with Crippen LogP contribution in [-0.2, 0) is 13.5 Å². The van der Waals surface area contributed by atoms with Gasteiger partial charge in [0.2, 0.25) is 0 Å². The van der Waals surface area contributed by atoms with Crippen LogP contribution in [0.4, 0.5) is 0 Å². The molecule has 1 saturated heterocycles. The molecule has 1 fully saturated rings. The lowest BCUT2D eigenvalue weighted by Crippen LogP contribution is -2.24. The first-order chi connectivity index (χ1) is 7.59. The van der Waals surface area contributed by atoms with Crippen LogP contribution in [0.3, 0.4) is 0 Å². The molecule has 0 radical (unpaired) electrons. The smallest absolute Gasteiger partial charge is 0.0738 e. The number of aliphatic hydroxyl groups excluding tert-OH is 1. The van der Waals surface area contributed by atoms with Crippen LogP contribution in [0.15, 0.2) is 4.47 Å². The lowest BCUT2D eigenvalue weighted by Gasteiger charge is -2.17. The molecule has 2 heterocycles. The molecule has 2 atom stereocenters. The first kappa shape index (κ1) is 12.5. The quantitative estimate of drug-likeness (QED) is 0.931. The van der Waals surface area contributed by atoms with Gasteiger partial charge in [-0.05, 0) is 41.4 Å². The maximum absolute atomic E-state index is 10.2. The number of rotatable bonds is 3. The van der Waals surface area contributed by atoms with Crippen molar-refractivity contribution in [1.82, 2.24) is 9.78 Å². The zero-order valence-corrected chi connectivity index (χ0v) is 12.0. The number of halogens is 1. The van der Waals surface area contributed by atoms with Crippen LogP contribution in [0, 0.1) is 6.92 Å². The van der Waals surface area contributed by atoms with E-state index in [2.05, 4.69) is 21.0 Å². The molecule has 16 heavy (non-hydrogen) atoms. The second kappa shape index (κ2) is 5.10. The summed E-state index contributed by atoms with van der Waals surface area (Å²) in [4.78, 5) is 0. The molecule has 0 amide bonds. The van der Waals surface area contributed by atoms with E-state index in [1.54, 1.807) is 0 Å². The molecule has 1 aliphatic heterocycles. The minimum absolute atomic E-state index is 0.251. The Labute approximate surface area is 109 Å². The van der Waals surface area contributed by atoms with Crippen LogP contribution in [0.2, 0.25) is 0 Å². The van der Waals surface area contributed by atoms with Gasteiger partial charge in [-0.2, -0.15) is 16.9 Å². The van der Waals surface area contributed by atoms with Crippen molar-refractivity contribution >= 4 is 27.7 Å². The summed E-state index contributed by atoms with van der Waals surface area (Å²) in [6, 6.07) is 0.